The summed E-state index contributed by atoms with van der Waals surface area (Å²) < 4.78 is 66.1. The van der Waals surface area contributed by atoms with Crippen LogP contribution in [0, 0.1) is 13.8 Å². The lowest BCUT2D eigenvalue weighted by atomic mass is 10.1. The third-order valence-corrected chi connectivity index (χ3v) is 14.2. The van der Waals surface area contributed by atoms with Crippen molar-refractivity contribution in [1.82, 2.24) is 10.3 Å². The molecule has 4 heterocycles. The summed E-state index contributed by atoms with van der Waals surface area (Å²) in [5.41, 5.74) is 4.48. The number of hydrogen-bond donors (Lipinski definition) is 4. The molecule has 20 heteroatoms. The van der Waals surface area contributed by atoms with Gasteiger partial charge in [0.2, 0.25) is 0 Å². The largest absolute Gasteiger partial charge is 0.336 e. The van der Waals surface area contributed by atoms with E-state index in [9.17, 15) is 26.4 Å². The van der Waals surface area contributed by atoms with Crippen LogP contribution in [-0.2, 0) is 32.9 Å². The summed E-state index contributed by atoms with van der Waals surface area (Å²) in [7, 11) is -8.04. The van der Waals surface area contributed by atoms with Crippen molar-refractivity contribution in [2.45, 2.75) is 50.3 Å². The number of rotatable bonds is 12. The number of thiophene rings is 2. The second-order valence-electron chi connectivity index (χ2n) is 11.3. The molecule has 0 spiro atoms. The minimum atomic E-state index is -4.02. The molecule has 0 fully saturated rings. The molecule has 2 aromatic carbocycles. The van der Waals surface area contributed by atoms with Gasteiger partial charge in [-0.25, -0.2) is 26.3 Å². The Bertz CT molecular complexity index is 2320. The quantitative estimate of drug-likeness (QED) is 0.0918. The van der Waals surface area contributed by atoms with E-state index in [0.717, 1.165) is 46.6 Å². The highest BCUT2D eigenvalue weighted by molar-refractivity contribution is 9.11. The first kappa shape index (κ1) is 40.8. The summed E-state index contributed by atoms with van der Waals surface area (Å²) in [6, 6.07) is 17.5. The summed E-state index contributed by atoms with van der Waals surface area (Å²) in [4.78, 5) is 25.1. The number of benzene rings is 2. The van der Waals surface area contributed by atoms with Crippen LogP contribution in [0.5, 0.6) is 0 Å². The molecule has 4 N–H and O–H groups in total. The first-order valence-electron chi connectivity index (χ1n) is 15.9. The molecule has 0 atom stereocenters. The second kappa shape index (κ2) is 17.4. The zero-order valence-electron chi connectivity index (χ0n) is 28.9. The lowest BCUT2D eigenvalue weighted by molar-refractivity contribution is 0.102. The SMILES string of the molecule is CCc1ccc(NC(=O)c2sccc2S(=O)(=O)Nc2onc(C)c2Br)cc1.CCc1ccc(NC(=O)c2sccc2S(=O)(=O)Nc2onc(C)c2Br)cc1. The maximum Gasteiger partial charge on any atom is 0.267 e. The standard InChI is InChI=1S/2C17H16BrN3O4S2/c2*1-3-11-4-6-12(7-5-11)19-16(22)15-13(8-9-26-15)27(23,24)21-17-14(18)10(2)20-25-17/h2*4-9,21H,3H2,1-2H3,(H,19,22). The van der Waals surface area contributed by atoms with Crippen molar-refractivity contribution in [1.29, 1.82) is 0 Å². The third kappa shape index (κ3) is 9.66. The van der Waals surface area contributed by atoms with Gasteiger partial charge in [-0.2, -0.15) is 0 Å². The van der Waals surface area contributed by atoms with Gasteiger partial charge in [0.15, 0.2) is 0 Å². The van der Waals surface area contributed by atoms with Gasteiger partial charge in [0.05, 0.1) is 11.4 Å². The summed E-state index contributed by atoms with van der Waals surface area (Å²) in [6.45, 7) is 7.41. The van der Waals surface area contributed by atoms with Gasteiger partial charge in [-0.15, -0.1) is 22.7 Å². The fourth-order valence-corrected chi connectivity index (χ4v) is 9.96. The molecule has 14 nitrogen and oxygen atoms in total. The maximum atomic E-state index is 12.7. The molecule has 2 amide bonds. The number of aromatic nitrogens is 2. The molecule has 54 heavy (non-hydrogen) atoms. The third-order valence-electron chi connectivity index (χ3n) is 7.53. The molecule has 4 aromatic heterocycles. The average molecular weight is 941 g/mol. The fourth-order valence-electron chi connectivity index (χ4n) is 4.57. The van der Waals surface area contributed by atoms with Gasteiger partial charge in [-0.05, 0) is 117 Å². The molecule has 0 aliphatic carbocycles. The zero-order chi connectivity index (χ0) is 39.2. The molecule has 0 radical (unpaired) electrons. The fraction of sp³-hybridized carbons (Fsp3) is 0.176. The number of nitrogens with one attached hydrogen (secondary N) is 4. The van der Waals surface area contributed by atoms with Crippen LogP contribution >= 0.6 is 54.5 Å². The Labute approximate surface area is 336 Å². The zero-order valence-corrected chi connectivity index (χ0v) is 35.3. The van der Waals surface area contributed by atoms with E-state index in [4.69, 9.17) is 9.05 Å². The van der Waals surface area contributed by atoms with Crippen molar-refractivity contribution in [3.8, 4) is 0 Å². The number of halogens is 2. The number of amides is 2. The number of aryl methyl sites for hydroxylation is 4. The first-order valence-corrected chi connectivity index (χ1v) is 22.2. The van der Waals surface area contributed by atoms with Gasteiger partial charge < -0.3 is 19.7 Å². The molecule has 0 saturated carbocycles. The molecule has 0 unspecified atom stereocenters. The van der Waals surface area contributed by atoms with Gasteiger partial charge >= 0.3 is 0 Å². The monoisotopic (exact) mass is 938 g/mol. The van der Waals surface area contributed by atoms with E-state index < -0.39 is 31.9 Å². The number of carbonyl (C=O) groups is 2. The number of nitrogens with zero attached hydrogens (tertiary/aromatic N) is 2. The van der Waals surface area contributed by atoms with Crippen molar-refractivity contribution in [3.63, 3.8) is 0 Å². The molecule has 284 valence electrons. The lowest BCUT2D eigenvalue weighted by Gasteiger charge is -2.08. The highest BCUT2D eigenvalue weighted by Crippen LogP contribution is 2.32. The minimum absolute atomic E-state index is 0.0415. The number of hydrogen-bond acceptors (Lipinski definition) is 12. The number of anilines is 4. The second-order valence-corrected chi connectivity index (χ2v) is 18.0. The molecular formula is C34H32Br2N6O8S4. The van der Waals surface area contributed by atoms with Gasteiger partial charge in [0, 0.05) is 11.4 Å². The van der Waals surface area contributed by atoms with Crippen LogP contribution in [0.1, 0.15) is 55.7 Å². The molecule has 0 aliphatic heterocycles. The Hall–Kier alpha value is -4.34. The maximum absolute atomic E-state index is 12.7. The van der Waals surface area contributed by atoms with Crippen LogP contribution in [0.3, 0.4) is 0 Å². The first-order chi connectivity index (χ1) is 25.6. The van der Waals surface area contributed by atoms with Crippen LogP contribution in [0.15, 0.2) is 99.2 Å². The summed E-state index contributed by atoms with van der Waals surface area (Å²) in [6.07, 6.45) is 1.79. The van der Waals surface area contributed by atoms with Crippen LogP contribution in [0.25, 0.3) is 0 Å². The number of carbonyl (C=O) groups excluding carboxylic acids is 2. The van der Waals surface area contributed by atoms with Crippen molar-refractivity contribution in [2.75, 3.05) is 20.1 Å². The Kier molecular flexibility index (Phi) is 13.2. The normalized spacial score (nSPS) is 11.4. The summed E-state index contributed by atoms with van der Waals surface area (Å²) in [5, 5.41) is 15.9. The van der Waals surface area contributed by atoms with E-state index in [1.165, 1.54) is 12.1 Å². The topological polar surface area (TPSA) is 203 Å². The highest BCUT2D eigenvalue weighted by Gasteiger charge is 2.28. The van der Waals surface area contributed by atoms with Gasteiger partial charge in [-0.1, -0.05) is 48.4 Å². The molecule has 6 rings (SSSR count). The molecule has 6 aromatic rings. The van der Waals surface area contributed by atoms with Crippen LogP contribution < -0.4 is 20.1 Å². The molecule has 0 saturated heterocycles. The lowest BCUT2D eigenvalue weighted by Crippen LogP contribution is -2.18. The Morgan fingerprint density at radius 3 is 1.28 bits per heavy atom. The van der Waals surface area contributed by atoms with Gasteiger partial charge in [0.25, 0.3) is 43.6 Å². The van der Waals surface area contributed by atoms with Crippen LogP contribution in [0.4, 0.5) is 23.1 Å². The van der Waals surface area contributed by atoms with Gasteiger partial charge in [0.1, 0.15) is 28.5 Å². The average Bonchev–Trinajstić information content (AvgIpc) is 3.97. The van der Waals surface area contributed by atoms with E-state index in [-0.39, 0.29) is 31.3 Å². The van der Waals surface area contributed by atoms with Crippen molar-refractivity contribution in [3.05, 3.63) is 113 Å². The van der Waals surface area contributed by atoms with Gasteiger partial charge in [-0.3, -0.25) is 9.59 Å². The van der Waals surface area contributed by atoms with E-state index in [0.29, 0.717) is 31.7 Å². The molecule has 0 aliphatic rings. The van der Waals surface area contributed by atoms with Crippen LogP contribution in [-0.4, -0.2) is 39.0 Å². The van der Waals surface area contributed by atoms with Crippen molar-refractivity contribution < 1.29 is 35.5 Å². The Morgan fingerprint density at radius 2 is 0.981 bits per heavy atom. The van der Waals surface area contributed by atoms with E-state index in [1.807, 2.05) is 38.1 Å². The summed E-state index contributed by atoms with van der Waals surface area (Å²) in [5.74, 6) is -1.08. The molecular weight excluding hydrogens is 908 g/mol. The predicted octanol–water partition coefficient (Wildman–Crippen LogP) is 8.85. The van der Waals surface area contributed by atoms with E-state index in [2.05, 4.69) is 62.3 Å². The van der Waals surface area contributed by atoms with Crippen LogP contribution in [0.2, 0.25) is 0 Å². The van der Waals surface area contributed by atoms with Crippen molar-refractivity contribution >= 4 is 110 Å². The summed E-state index contributed by atoms with van der Waals surface area (Å²) >= 11 is 8.50. The Balaban J connectivity index is 0.000000208. The smallest absolute Gasteiger partial charge is 0.267 e. The molecule has 0 bridgehead atoms. The predicted molar refractivity (Wildman–Crippen MR) is 216 cm³/mol. The van der Waals surface area contributed by atoms with E-state index in [1.54, 1.807) is 48.9 Å². The highest BCUT2D eigenvalue weighted by atomic mass is 79.9. The minimum Gasteiger partial charge on any atom is -0.336 e. The number of sulfonamides is 2. The van der Waals surface area contributed by atoms with Crippen molar-refractivity contribution in [2.24, 2.45) is 0 Å². The van der Waals surface area contributed by atoms with E-state index >= 15 is 0 Å². The Morgan fingerprint density at radius 1 is 0.630 bits per heavy atom.